The minimum Gasteiger partial charge on any atom is -0.481 e. The number of aliphatic hydroxyl groups excluding tert-OH is 1. The van der Waals surface area contributed by atoms with Crippen molar-refractivity contribution in [2.45, 2.75) is 32.3 Å². The average molecular weight is 237 g/mol. The van der Waals surface area contributed by atoms with E-state index in [0.717, 1.165) is 37.2 Å². The van der Waals surface area contributed by atoms with Crippen LogP contribution in [0.3, 0.4) is 0 Å². The molecule has 1 aliphatic rings. The first-order valence-electron chi connectivity index (χ1n) is 5.98. The predicted molar refractivity (Wildman–Crippen MR) is 65.2 cm³/mol. The molecular weight excluding hydrogens is 218 g/mol. The first kappa shape index (κ1) is 12.1. The third-order valence-electron chi connectivity index (χ3n) is 3.30. The third kappa shape index (κ3) is 2.85. The van der Waals surface area contributed by atoms with E-state index >= 15 is 0 Å². The van der Waals surface area contributed by atoms with Gasteiger partial charge in [-0.25, -0.2) is 9.97 Å². The first-order valence-corrected chi connectivity index (χ1v) is 5.98. The molecule has 1 aromatic heterocycles. The molecule has 2 unspecified atom stereocenters. The van der Waals surface area contributed by atoms with Crippen LogP contribution in [-0.2, 0) is 0 Å². The Balaban J connectivity index is 1.95. The largest absolute Gasteiger partial charge is 0.481 e. The molecule has 17 heavy (non-hydrogen) atoms. The molecule has 0 amide bonds. The molecule has 2 rings (SSSR count). The lowest BCUT2D eigenvalue weighted by molar-refractivity contribution is 0.178. The van der Waals surface area contributed by atoms with Gasteiger partial charge in [0.05, 0.1) is 18.8 Å². The van der Waals surface area contributed by atoms with Crippen LogP contribution in [0.2, 0.25) is 0 Å². The van der Waals surface area contributed by atoms with E-state index < -0.39 is 0 Å². The highest BCUT2D eigenvalue weighted by Crippen LogP contribution is 2.26. The van der Waals surface area contributed by atoms with Crippen LogP contribution in [0.1, 0.15) is 24.8 Å². The fourth-order valence-corrected chi connectivity index (χ4v) is 2.29. The van der Waals surface area contributed by atoms with Crippen LogP contribution in [0.15, 0.2) is 6.33 Å². The fraction of sp³-hybridized carbons (Fsp3) is 0.667. The average Bonchev–Trinajstić information content (AvgIpc) is 2.74. The predicted octanol–water partition coefficient (Wildman–Crippen LogP) is 1.37. The lowest BCUT2D eigenvalue weighted by Gasteiger charge is -2.13. The van der Waals surface area contributed by atoms with E-state index in [1.165, 1.54) is 6.33 Å². The highest BCUT2D eigenvalue weighted by Gasteiger charge is 2.22. The molecule has 94 valence electrons. The maximum atomic E-state index is 9.46. The van der Waals surface area contributed by atoms with Crippen molar-refractivity contribution in [1.82, 2.24) is 9.97 Å². The van der Waals surface area contributed by atoms with E-state index in [2.05, 4.69) is 15.3 Å². The normalized spacial score (nSPS) is 23.7. The molecule has 1 aromatic rings. The monoisotopic (exact) mass is 237 g/mol. The summed E-state index contributed by atoms with van der Waals surface area (Å²) < 4.78 is 5.14. The number of hydrogen-bond donors (Lipinski definition) is 2. The van der Waals surface area contributed by atoms with Gasteiger partial charge in [-0.15, -0.1) is 0 Å². The van der Waals surface area contributed by atoms with Crippen molar-refractivity contribution in [2.24, 2.45) is 5.92 Å². The van der Waals surface area contributed by atoms with Crippen LogP contribution in [-0.4, -0.2) is 34.8 Å². The third-order valence-corrected chi connectivity index (χ3v) is 3.30. The molecule has 5 heteroatoms. The van der Waals surface area contributed by atoms with Crippen molar-refractivity contribution in [3.8, 4) is 5.88 Å². The molecule has 1 saturated carbocycles. The summed E-state index contributed by atoms with van der Waals surface area (Å²) in [6.07, 6.45) is 4.25. The standard InChI is InChI=1S/C12H19N3O2/c1-8-11(14-7-15-12(8)17-2)13-6-9-3-4-10(16)5-9/h7,9-10,16H,3-6H2,1-2H3,(H,13,14,15). The highest BCUT2D eigenvalue weighted by atomic mass is 16.5. The zero-order valence-electron chi connectivity index (χ0n) is 10.3. The lowest BCUT2D eigenvalue weighted by Crippen LogP contribution is -2.14. The number of nitrogens with zero attached hydrogens (tertiary/aromatic N) is 2. The summed E-state index contributed by atoms with van der Waals surface area (Å²) in [6, 6.07) is 0. The van der Waals surface area contributed by atoms with E-state index in [1.54, 1.807) is 7.11 Å². The van der Waals surface area contributed by atoms with Crippen LogP contribution in [0.5, 0.6) is 5.88 Å². The Labute approximate surface area is 101 Å². The second kappa shape index (κ2) is 5.31. The molecule has 1 heterocycles. The number of hydrogen-bond acceptors (Lipinski definition) is 5. The summed E-state index contributed by atoms with van der Waals surface area (Å²) in [4.78, 5) is 8.24. The number of methoxy groups -OCH3 is 1. The molecule has 0 aliphatic heterocycles. The van der Waals surface area contributed by atoms with Crippen molar-refractivity contribution in [2.75, 3.05) is 19.0 Å². The van der Waals surface area contributed by atoms with Gasteiger partial charge in [0.15, 0.2) is 0 Å². The summed E-state index contributed by atoms with van der Waals surface area (Å²) in [7, 11) is 1.60. The minimum absolute atomic E-state index is 0.122. The molecule has 0 saturated heterocycles. The molecule has 0 radical (unpaired) electrons. The van der Waals surface area contributed by atoms with Gasteiger partial charge < -0.3 is 15.2 Å². The van der Waals surface area contributed by atoms with Crippen molar-refractivity contribution < 1.29 is 9.84 Å². The second-order valence-corrected chi connectivity index (χ2v) is 4.57. The van der Waals surface area contributed by atoms with Crippen molar-refractivity contribution in [3.63, 3.8) is 0 Å². The van der Waals surface area contributed by atoms with Gasteiger partial charge in [0.25, 0.3) is 0 Å². The quantitative estimate of drug-likeness (QED) is 0.827. The maximum Gasteiger partial charge on any atom is 0.221 e. The Morgan fingerprint density at radius 2 is 2.29 bits per heavy atom. The first-order chi connectivity index (χ1) is 8.20. The van der Waals surface area contributed by atoms with Crippen LogP contribution in [0.4, 0.5) is 5.82 Å². The van der Waals surface area contributed by atoms with Crippen LogP contribution in [0, 0.1) is 12.8 Å². The van der Waals surface area contributed by atoms with Crippen LogP contribution >= 0.6 is 0 Å². The highest BCUT2D eigenvalue weighted by molar-refractivity contribution is 5.47. The topological polar surface area (TPSA) is 67.3 Å². The zero-order valence-corrected chi connectivity index (χ0v) is 10.3. The smallest absolute Gasteiger partial charge is 0.221 e. The van der Waals surface area contributed by atoms with Gasteiger partial charge in [0.1, 0.15) is 12.1 Å². The summed E-state index contributed by atoms with van der Waals surface area (Å²) in [5.74, 6) is 1.96. The van der Waals surface area contributed by atoms with E-state index in [0.29, 0.717) is 11.8 Å². The molecule has 1 aliphatic carbocycles. The van der Waals surface area contributed by atoms with Crippen LogP contribution < -0.4 is 10.1 Å². The number of aromatic nitrogens is 2. The molecule has 2 atom stereocenters. The molecule has 0 bridgehead atoms. The van der Waals surface area contributed by atoms with Gasteiger partial charge in [-0.05, 0) is 32.1 Å². The summed E-state index contributed by atoms with van der Waals surface area (Å²) in [5.41, 5.74) is 0.925. The van der Waals surface area contributed by atoms with Crippen LogP contribution in [0.25, 0.3) is 0 Å². The Hall–Kier alpha value is -1.36. The van der Waals surface area contributed by atoms with Crippen molar-refractivity contribution in [1.29, 1.82) is 0 Å². The Morgan fingerprint density at radius 3 is 2.94 bits per heavy atom. The number of ether oxygens (including phenoxy) is 1. The second-order valence-electron chi connectivity index (χ2n) is 4.57. The molecule has 0 spiro atoms. The molecule has 5 nitrogen and oxygen atoms in total. The number of rotatable bonds is 4. The van der Waals surface area contributed by atoms with Gasteiger partial charge >= 0.3 is 0 Å². The molecular formula is C12H19N3O2. The fourth-order valence-electron chi connectivity index (χ4n) is 2.29. The summed E-state index contributed by atoms with van der Waals surface area (Å²) >= 11 is 0. The minimum atomic E-state index is -0.122. The lowest BCUT2D eigenvalue weighted by atomic mass is 10.1. The van der Waals surface area contributed by atoms with E-state index in [4.69, 9.17) is 4.74 Å². The summed E-state index contributed by atoms with van der Waals surface area (Å²) in [6.45, 7) is 2.78. The summed E-state index contributed by atoms with van der Waals surface area (Å²) in [5, 5.41) is 12.8. The Morgan fingerprint density at radius 1 is 1.47 bits per heavy atom. The molecule has 0 aromatic carbocycles. The number of anilines is 1. The van der Waals surface area contributed by atoms with Gasteiger partial charge in [0, 0.05) is 6.54 Å². The van der Waals surface area contributed by atoms with Gasteiger partial charge in [-0.1, -0.05) is 0 Å². The van der Waals surface area contributed by atoms with E-state index in [-0.39, 0.29) is 6.10 Å². The number of aliphatic hydroxyl groups is 1. The molecule has 1 fully saturated rings. The SMILES string of the molecule is COc1ncnc(NCC2CCC(O)C2)c1C. The Bertz CT molecular complexity index is 384. The van der Waals surface area contributed by atoms with E-state index in [1.807, 2.05) is 6.92 Å². The van der Waals surface area contributed by atoms with Crippen molar-refractivity contribution >= 4 is 5.82 Å². The van der Waals surface area contributed by atoms with Gasteiger partial charge in [-0.3, -0.25) is 0 Å². The Kier molecular flexibility index (Phi) is 3.78. The molecule has 2 N–H and O–H groups in total. The van der Waals surface area contributed by atoms with Gasteiger partial charge in [0.2, 0.25) is 5.88 Å². The van der Waals surface area contributed by atoms with E-state index in [9.17, 15) is 5.11 Å². The zero-order chi connectivity index (χ0) is 12.3. The maximum absolute atomic E-state index is 9.46. The number of nitrogens with one attached hydrogen (secondary N) is 1. The van der Waals surface area contributed by atoms with Crippen molar-refractivity contribution in [3.05, 3.63) is 11.9 Å². The van der Waals surface area contributed by atoms with Gasteiger partial charge in [-0.2, -0.15) is 0 Å².